The Balaban J connectivity index is 1.59. The van der Waals surface area contributed by atoms with Gasteiger partial charge in [-0.2, -0.15) is 0 Å². The summed E-state index contributed by atoms with van der Waals surface area (Å²) in [5.74, 6) is -1.42. The monoisotopic (exact) mass is 464 g/mol. The van der Waals surface area contributed by atoms with Crippen LogP contribution >= 0.6 is 11.6 Å². The molecule has 3 aromatic heterocycles. The minimum atomic E-state index is -0.958. The Bertz CT molecular complexity index is 1390. The fraction of sp³-hybridized carbons (Fsp3) is 0.125. The molecule has 0 saturated carbocycles. The molecule has 0 saturated heterocycles. The number of Topliss-reactive ketones (excluding diaryl/α,β-unsaturated/α-hetero) is 1. The number of amides is 1. The van der Waals surface area contributed by atoms with Crippen molar-refractivity contribution in [1.82, 2.24) is 9.88 Å². The number of hydrogen-bond acceptors (Lipinski definition) is 7. The quantitative estimate of drug-likeness (QED) is 0.406. The van der Waals surface area contributed by atoms with E-state index in [0.29, 0.717) is 33.2 Å². The molecule has 166 valence electrons. The van der Waals surface area contributed by atoms with E-state index in [-0.39, 0.29) is 17.9 Å². The van der Waals surface area contributed by atoms with Gasteiger partial charge in [0.2, 0.25) is 5.78 Å². The predicted molar refractivity (Wildman–Crippen MR) is 118 cm³/mol. The molecule has 5 rings (SSSR count). The van der Waals surface area contributed by atoms with Crippen LogP contribution in [-0.4, -0.2) is 33.8 Å². The van der Waals surface area contributed by atoms with Crippen molar-refractivity contribution < 1.29 is 28.3 Å². The highest BCUT2D eigenvalue weighted by molar-refractivity contribution is 6.31. The van der Waals surface area contributed by atoms with E-state index in [1.165, 1.54) is 24.3 Å². The molecule has 8 nitrogen and oxygen atoms in total. The van der Waals surface area contributed by atoms with Crippen LogP contribution in [0, 0.1) is 0 Å². The molecular weight excluding hydrogens is 448 g/mol. The average molecular weight is 465 g/mol. The second-order valence-corrected chi connectivity index (χ2v) is 7.84. The number of fused-ring (bicyclic) bond motifs is 1. The van der Waals surface area contributed by atoms with Crippen LogP contribution in [0.2, 0.25) is 5.02 Å². The number of nitrogens with zero attached hydrogens (tertiary/aromatic N) is 2. The summed E-state index contributed by atoms with van der Waals surface area (Å²) < 4.78 is 16.6. The molecule has 0 radical (unpaired) electrons. The maximum Gasteiger partial charge on any atom is 0.290 e. The number of hydrogen-bond donors (Lipinski definition) is 1. The third-order valence-corrected chi connectivity index (χ3v) is 5.63. The minimum absolute atomic E-state index is 0.0649. The van der Waals surface area contributed by atoms with Crippen molar-refractivity contribution in [3.8, 4) is 5.75 Å². The molecule has 0 aliphatic carbocycles. The number of carbonyl (C=O) groups excluding carboxylic acids is 2. The number of ether oxygens (including phenoxy) is 1. The molecular formula is C24H17ClN2O6. The average Bonchev–Trinajstić information content (AvgIpc) is 3.54. The Morgan fingerprint density at radius 1 is 1.24 bits per heavy atom. The van der Waals surface area contributed by atoms with E-state index < -0.39 is 23.5 Å². The SMILES string of the molecule is COc1cc(Cl)cc2cc(C(=O)C3=C(O)C(=O)N(Cc4ccccn4)C3c3ccco3)oc12. The maximum atomic E-state index is 13.5. The van der Waals surface area contributed by atoms with E-state index in [0.717, 1.165) is 0 Å². The zero-order chi connectivity index (χ0) is 23.1. The number of aliphatic hydroxyl groups is 1. The van der Waals surface area contributed by atoms with Gasteiger partial charge in [-0.3, -0.25) is 14.6 Å². The Morgan fingerprint density at radius 3 is 2.79 bits per heavy atom. The van der Waals surface area contributed by atoms with Crippen LogP contribution in [-0.2, 0) is 11.3 Å². The zero-order valence-electron chi connectivity index (χ0n) is 17.3. The van der Waals surface area contributed by atoms with Crippen LogP contribution in [0.15, 0.2) is 81.2 Å². The van der Waals surface area contributed by atoms with Crippen LogP contribution in [0.4, 0.5) is 0 Å². The Labute approximate surface area is 192 Å². The van der Waals surface area contributed by atoms with E-state index >= 15 is 0 Å². The number of carbonyl (C=O) groups is 2. The molecule has 0 bridgehead atoms. The van der Waals surface area contributed by atoms with Crippen molar-refractivity contribution in [2.45, 2.75) is 12.6 Å². The van der Waals surface area contributed by atoms with Crippen LogP contribution in [0.1, 0.15) is 28.1 Å². The van der Waals surface area contributed by atoms with Crippen molar-refractivity contribution in [1.29, 1.82) is 0 Å². The Kier molecular flexibility index (Phi) is 5.14. The van der Waals surface area contributed by atoms with Gasteiger partial charge in [-0.1, -0.05) is 17.7 Å². The number of halogens is 1. The minimum Gasteiger partial charge on any atom is -0.503 e. The summed E-state index contributed by atoms with van der Waals surface area (Å²) in [6.45, 7) is 0.0649. The van der Waals surface area contributed by atoms with Crippen molar-refractivity contribution in [3.05, 3.63) is 94.6 Å². The van der Waals surface area contributed by atoms with Gasteiger partial charge in [0.25, 0.3) is 5.91 Å². The summed E-state index contributed by atoms with van der Waals surface area (Å²) in [7, 11) is 1.46. The normalized spacial score (nSPS) is 16.1. The van der Waals surface area contributed by atoms with Crippen LogP contribution < -0.4 is 4.74 Å². The van der Waals surface area contributed by atoms with Gasteiger partial charge in [0.1, 0.15) is 11.8 Å². The lowest BCUT2D eigenvalue weighted by atomic mass is 9.99. The summed E-state index contributed by atoms with van der Waals surface area (Å²) in [5.41, 5.74) is 0.775. The van der Waals surface area contributed by atoms with Crippen molar-refractivity contribution in [2.75, 3.05) is 7.11 Å². The fourth-order valence-electron chi connectivity index (χ4n) is 3.94. The van der Waals surface area contributed by atoms with Gasteiger partial charge in [-0.15, -0.1) is 0 Å². The van der Waals surface area contributed by atoms with Crippen LogP contribution in [0.3, 0.4) is 0 Å². The highest BCUT2D eigenvalue weighted by atomic mass is 35.5. The molecule has 1 unspecified atom stereocenters. The van der Waals surface area contributed by atoms with Crippen molar-refractivity contribution >= 4 is 34.3 Å². The number of ketones is 1. The highest BCUT2D eigenvalue weighted by Gasteiger charge is 2.46. The number of benzene rings is 1. The van der Waals surface area contributed by atoms with Gasteiger partial charge in [0.05, 0.1) is 31.2 Å². The second-order valence-electron chi connectivity index (χ2n) is 7.40. The first-order valence-electron chi connectivity index (χ1n) is 9.97. The summed E-state index contributed by atoms with van der Waals surface area (Å²) in [6, 6.07) is 12.3. The predicted octanol–water partition coefficient (Wildman–Crippen LogP) is 4.86. The van der Waals surface area contributed by atoms with E-state index in [1.54, 1.807) is 48.7 Å². The molecule has 1 aliphatic rings. The summed E-state index contributed by atoms with van der Waals surface area (Å²) >= 11 is 6.12. The third-order valence-electron chi connectivity index (χ3n) is 5.41. The van der Waals surface area contributed by atoms with E-state index in [1.807, 2.05) is 0 Å². The van der Waals surface area contributed by atoms with E-state index in [4.69, 9.17) is 25.2 Å². The lowest BCUT2D eigenvalue weighted by molar-refractivity contribution is -0.130. The molecule has 0 spiro atoms. The first-order valence-corrected chi connectivity index (χ1v) is 10.3. The molecule has 4 heterocycles. The molecule has 0 fully saturated rings. The van der Waals surface area contributed by atoms with Gasteiger partial charge in [-0.25, -0.2) is 0 Å². The molecule has 9 heteroatoms. The number of rotatable bonds is 6. The third kappa shape index (κ3) is 3.54. The fourth-order valence-corrected chi connectivity index (χ4v) is 4.16. The number of furan rings is 2. The van der Waals surface area contributed by atoms with Crippen molar-refractivity contribution in [2.24, 2.45) is 0 Å². The first-order chi connectivity index (χ1) is 16.0. The number of aromatic nitrogens is 1. The molecule has 1 aromatic carbocycles. The van der Waals surface area contributed by atoms with Gasteiger partial charge in [-0.05, 0) is 36.4 Å². The van der Waals surface area contributed by atoms with Gasteiger partial charge < -0.3 is 23.6 Å². The zero-order valence-corrected chi connectivity index (χ0v) is 18.1. The van der Waals surface area contributed by atoms with E-state index in [2.05, 4.69) is 4.98 Å². The number of pyridine rings is 1. The molecule has 1 N–H and O–H groups in total. The lowest BCUT2D eigenvalue weighted by Gasteiger charge is -2.24. The topological polar surface area (TPSA) is 106 Å². The Hall–Kier alpha value is -4.04. The van der Waals surface area contributed by atoms with Gasteiger partial charge >= 0.3 is 0 Å². The van der Waals surface area contributed by atoms with Gasteiger partial charge in [0.15, 0.2) is 22.9 Å². The Morgan fingerprint density at radius 2 is 2.09 bits per heavy atom. The largest absolute Gasteiger partial charge is 0.503 e. The summed E-state index contributed by atoms with van der Waals surface area (Å²) in [5, 5.41) is 11.7. The molecule has 33 heavy (non-hydrogen) atoms. The summed E-state index contributed by atoms with van der Waals surface area (Å²) in [6.07, 6.45) is 3.04. The molecule has 1 aliphatic heterocycles. The van der Waals surface area contributed by atoms with Crippen LogP contribution in [0.25, 0.3) is 11.0 Å². The molecule has 4 aromatic rings. The second kappa shape index (κ2) is 8.14. The first kappa shape index (κ1) is 20.8. The van der Waals surface area contributed by atoms with Gasteiger partial charge in [0, 0.05) is 22.7 Å². The smallest absolute Gasteiger partial charge is 0.290 e. The standard InChI is InChI=1S/C24H17ClN2O6/c1-31-18-11-14(25)9-13-10-17(33-23(13)18)21(28)19-20(16-6-4-8-32-16)27(24(30)22(19)29)12-15-5-2-3-7-26-15/h2-11,20,29H,12H2,1H3. The summed E-state index contributed by atoms with van der Waals surface area (Å²) in [4.78, 5) is 32.1. The number of methoxy groups -OCH3 is 1. The van der Waals surface area contributed by atoms with Crippen molar-refractivity contribution in [3.63, 3.8) is 0 Å². The van der Waals surface area contributed by atoms with E-state index in [9.17, 15) is 14.7 Å². The highest BCUT2D eigenvalue weighted by Crippen LogP contribution is 2.41. The lowest BCUT2D eigenvalue weighted by Crippen LogP contribution is -2.30. The van der Waals surface area contributed by atoms with Crippen LogP contribution in [0.5, 0.6) is 5.75 Å². The molecule has 1 amide bonds. The number of aliphatic hydroxyl groups excluding tert-OH is 1. The maximum absolute atomic E-state index is 13.5. The molecule has 1 atom stereocenters.